The molecule has 0 spiro atoms. The lowest BCUT2D eigenvalue weighted by Crippen LogP contribution is -2.32. The Kier molecular flexibility index (Phi) is 6.48. The molecule has 2 unspecified atom stereocenters. The molecule has 7 rings (SSSR count). The van der Waals surface area contributed by atoms with Gasteiger partial charge in [0, 0.05) is 70.7 Å². The average Bonchev–Trinajstić information content (AvgIpc) is 3.59. The van der Waals surface area contributed by atoms with Crippen LogP contribution in [-0.4, -0.2) is 46.9 Å². The maximum absolute atomic E-state index is 13.9. The van der Waals surface area contributed by atoms with Crippen molar-refractivity contribution in [1.29, 1.82) is 0 Å². The molecule has 0 fully saturated rings. The standard InChI is InChI=1S/C34H26Cl2N2O4/c35-15-21-17-37(27-13-29(39)23-8-1-3-10-25(23)31(21)27)33(41)19-6-5-7-20(12-19)34(42)38-18-22(16-36)32-26-11-4-2-9-24(26)30(40)14-28(32)38/h1-14,21-22,39-40H,15-18H2. The molecule has 2 N–H and O–H groups in total. The van der Waals surface area contributed by atoms with Crippen LogP contribution in [0, 0.1) is 0 Å². The lowest BCUT2D eigenvalue weighted by atomic mass is 9.95. The first-order valence-electron chi connectivity index (χ1n) is 13.8. The summed E-state index contributed by atoms with van der Waals surface area (Å²) in [4.78, 5) is 31.1. The van der Waals surface area contributed by atoms with E-state index in [1.165, 1.54) is 0 Å². The first kappa shape index (κ1) is 26.6. The number of carbonyl (C=O) groups excluding carboxylic acids is 2. The molecule has 0 saturated heterocycles. The van der Waals surface area contributed by atoms with Crippen LogP contribution >= 0.6 is 23.2 Å². The van der Waals surface area contributed by atoms with E-state index in [1.807, 2.05) is 48.5 Å². The van der Waals surface area contributed by atoms with Crippen molar-refractivity contribution in [3.05, 3.63) is 107 Å². The van der Waals surface area contributed by atoms with Gasteiger partial charge in [-0.3, -0.25) is 9.59 Å². The van der Waals surface area contributed by atoms with Gasteiger partial charge in [0.2, 0.25) is 0 Å². The molecule has 6 nitrogen and oxygen atoms in total. The molecular formula is C34H26Cl2N2O4. The molecule has 5 aromatic rings. The summed E-state index contributed by atoms with van der Waals surface area (Å²) >= 11 is 12.7. The molecule has 0 aliphatic carbocycles. The van der Waals surface area contributed by atoms with Crippen LogP contribution in [-0.2, 0) is 0 Å². The summed E-state index contributed by atoms with van der Waals surface area (Å²) in [5, 5.41) is 24.7. The van der Waals surface area contributed by atoms with Crippen LogP contribution in [0.5, 0.6) is 11.5 Å². The van der Waals surface area contributed by atoms with Gasteiger partial charge in [0.1, 0.15) is 11.5 Å². The third kappa shape index (κ3) is 4.01. The SMILES string of the molecule is O=C(c1cccc(C(=O)N2CC(CCl)c3c2cc(O)c2ccccc32)c1)N1CC(CCl)c2c1cc(O)c1ccccc21. The number of alkyl halides is 2. The number of fused-ring (bicyclic) bond motifs is 6. The molecule has 8 heteroatoms. The number of aromatic hydroxyl groups is 2. The number of hydrogen-bond donors (Lipinski definition) is 2. The van der Waals surface area contributed by atoms with Crippen molar-refractivity contribution in [2.75, 3.05) is 34.6 Å². The minimum absolute atomic E-state index is 0.0959. The topological polar surface area (TPSA) is 81.1 Å². The van der Waals surface area contributed by atoms with E-state index in [9.17, 15) is 19.8 Å². The summed E-state index contributed by atoms with van der Waals surface area (Å²) in [6.07, 6.45) is 0. The van der Waals surface area contributed by atoms with Crippen molar-refractivity contribution < 1.29 is 19.8 Å². The minimum atomic E-state index is -0.280. The minimum Gasteiger partial charge on any atom is -0.507 e. The number of amides is 2. The molecule has 42 heavy (non-hydrogen) atoms. The van der Waals surface area contributed by atoms with E-state index in [4.69, 9.17) is 23.2 Å². The number of rotatable bonds is 4. The molecule has 5 aromatic carbocycles. The van der Waals surface area contributed by atoms with Gasteiger partial charge in [0.15, 0.2) is 0 Å². The van der Waals surface area contributed by atoms with E-state index in [-0.39, 0.29) is 35.1 Å². The van der Waals surface area contributed by atoms with Gasteiger partial charge in [0.05, 0.1) is 11.4 Å². The summed E-state index contributed by atoms with van der Waals surface area (Å²) in [5.74, 6) is 0.0736. The molecular weight excluding hydrogens is 571 g/mol. The van der Waals surface area contributed by atoms with Gasteiger partial charge in [-0.2, -0.15) is 0 Å². The third-order valence-corrected chi connectivity index (χ3v) is 9.25. The second-order valence-electron chi connectivity index (χ2n) is 10.9. The predicted octanol–water partition coefficient (Wildman–Crippen LogP) is 7.37. The van der Waals surface area contributed by atoms with Crippen molar-refractivity contribution in [3.63, 3.8) is 0 Å². The molecule has 2 amide bonds. The Labute approximate surface area is 252 Å². The highest BCUT2D eigenvalue weighted by Crippen LogP contribution is 2.47. The van der Waals surface area contributed by atoms with Crippen LogP contribution < -0.4 is 9.80 Å². The van der Waals surface area contributed by atoms with Gasteiger partial charge >= 0.3 is 0 Å². The number of benzene rings is 5. The molecule has 2 aliphatic rings. The van der Waals surface area contributed by atoms with E-state index < -0.39 is 0 Å². The summed E-state index contributed by atoms with van der Waals surface area (Å²) in [5.41, 5.74) is 3.83. The van der Waals surface area contributed by atoms with E-state index in [2.05, 4.69) is 0 Å². The molecule has 2 aliphatic heterocycles. The van der Waals surface area contributed by atoms with E-state index >= 15 is 0 Å². The van der Waals surface area contributed by atoms with Crippen LogP contribution in [0.25, 0.3) is 21.5 Å². The second-order valence-corrected chi connectivity index (χ2v) is 11.5. The van der Waals surface area contributed by atoms with Gasteiger partial charge in [-0.05, 0) is 40.1 Å². The van der Waals surface area contributed by atoms with Gasteiger partial charge in [-0.25, -0.2) is 0 Å². The molecule has 0 bridgehead atoms. The summed E-state index contributed by atoms with van der Waals surface area (Å²) in [6.45, 7) is 0.735. The molecule has 210 valence electrons. The summed E-state index contributed by atoms with van der Waals surface area (Å²) < 4.78 is 0. The van der Waals surface area contributed by atoms with E-state index in [0.717, 1.165) is 21.9 Å². The normalized spacial score (nSPS) is 17.6. The molecule has 0 radical (unpaired) electrons. The highest BCUT2D eigenvalue weighted by molar-refractivity contribution is 6.20. The smallest absolute Gasteiger partial charge is 0.258 e. The number of halogens is 2. The van der Waals surface area contributed by atoms with Crippen molar-refractivity contribution in [1.82, 2.24) is 0 Å². The van der Waals surface area contributed by atoms with Crippen molar-refractivity contribution in [3.8, 4) is 11.5 Å². The van der Waals surface area contributed by atoms with Gasteiger partial charge < -0.3 is 20.0 Å². The Morgan fingerprint density at radius 3 is 1.43 bits per heavy atom. The quantitative estimate of drug-likeness (QED) is 0.212. The lowest BCUT2D eigenvalue weighted by Gasteiger charge is -2.21. The number of anilines is 2. The van der Waals surface area contributed by atoms with E-state index in [0.29, 0.717) is 58.1 Å². The number of hydrogen-bond acceptors (Lipinski definition) is 4. The van der Waals surface area contributed by atoms with Crippen LogP contribution in [0.1, 0.15) is 43.7 Å². The maximum atomic E-state index is 13.9. The molecule has 0 saturated carbocycles. The Morgan fingerprint density at radius 1 is 0.619 bits per heavy atom. The predicted molar refractivity (Wildman–Crippen MR) is 168 cm³/mol. The first-order valence-corrected chi connectivity index (χ1v) is 14.8. The maximum Gasteiger partial charge on any atom is 0.258 e. The summed E-state index contributed by atoms with van der Waals surface area (Å²) in [7, 11) is 0. The number of phenols is 2. The van der Waals surface area contributed by atoms with Gasteiger partial charge in [0.25, 0.3) is 11.8 Å². The fourth-order valence-electron chi connectivity index (χ4n) is 6.59. The zero-order valence-corrected chi connectivity index (χ0v) is 23.9. The van der Waals surface area contributed by atoms with Crippen LogP contribution in [0.2, 0.25) is 0 Å². The van der Waals surface area contributed by atoms with Crippen molar-refractivity contribution in [2.45, 2.75) is 11.8 Å². The number of nitrogens with zero attached hydrogens (tertiary/aromatic N) is 2. The van der Waals surface area contributed by atoms with E-state index in [1.54, 1.807) is 46.2 Å². The van der Waals surface area contributed by atoms with Gasteiger partial charge in [-0.1, -0.05) is 54.6 Å². The third-order valence-electron chi connectivity index (χ3n) is 8.51. The highest BCUT2D eigenvalue weighted by atomic mass is 35.5. The zero-order chi connectivity index (χ0) is 29.1. The molecule has 0 aromatic heterocycles. The lowest BCUT2D eigenvalue weighted by molar-refractivity contribution is 0.0987. The van der Waals surface area contributed by atoms with Crippen molar-refractivity contribution >= 4 is 67.9 Å². The Balaban J connectivity index is 1.25. The van der Waals surface area contributed by atoms with Crippen LogP contribution in [0.15, 0.2) is 84.9 Å². The van der Waals surface area contributed by atoms with Crippen LogP contribution in [0.3, 0.4) is 0 Å². The Morgan fingerprint density at radius 2 is 1.02 bits per heavy atom. The summed E-state index contributed by atoms with van der Waals surface area (Å²) in [6, 6.07) is 25.0. The Hall–Kier alpha value is -4.26. The average molecular weight is 597 g/mol. The van der Waals surface area contributed by atoms with Crippen LogP contribution in [0.4, 0.5) is 11.4 Å². The molecule has 2 atom stereocenters. The fraction of sp³-hybridized carbons (Fsp3) is 0.176. The Bertz CT molecular complexity index is 1790. The first-order chi connectivity index (χ1) is 20.4. The fourth-order valence-corrected chi connectivity index (χ4v) is 7.09. The second kappa shape index (κ2) is 10.2. The number of carbonyl (C=O) groups is 2. The highest BCUT2D eigenvalue weighted by Gasteiger charge is 2.37. The zero-order valence-electron chi connectivity index (χ0n) is 22.4. The van der Waals surface area contributed by atoms with Crippen molar-refractivity contribution in [2.24, 2.45) is 0 Å². The molecule has 2 heterocycles. The number of phenolic OH excluding ortho intramolecular Hbond substituents is 2. The van der Waals surface area contributed by atoms with Gasteiger partial charge in [-0.15, -0.1) is 23.2 Å². The monoisotopic (exact) mass is 596 g/mol. The largest absolute Gasteiger partial charge is 0.507 e.